The molecule has 4 aromatic rings. The molecule has 0 spiro atoms. The summed E-state index contributed by atoms with van der Waals surface area (Å²) in [6.45, 7) is 1.31. The molecular weight excluding hydrogens is 502 g/mol. The quantitative estimate of drug-likeness (QED) is 0.263. The van der Waals surface area contributed by atoms with Crippen molar-refractivity contribution in [2.75, 3.05) is 0 Å². The van der Waals surface area contributed by atoms with Crippen molar-refractivity contribution in [1.82, 2.24) is 0 Å². The van der Waals surface area contributed by atoms with Crippen LogP contribution in [0.5, 0.6) is 0 Å². The van der Waals surface area contributed by atoms with Gasteiger partial charge in [0.2, 0.25) is 0 Å². The summed E-state index contributed by atoms with van der Waals surface area (Å²) < 4.78 is 25.8. The van der Waals surface area contributed by atoms with E-state index in [9.17, 15) is 5.11 Å². The van der Waals surface area contributed by atoms with Gasteiger partial charge in [-0.25, -0.2) is 0 Å². The first-order valence-corrected chi connectivity index (χ1v) is 13.7. The molecule has 1 saturated carbocycles. The van der Waals surface area contributed by atoms with Gasteiger partial charge < -0.3 is 29.8 Å². The van der Waals surface area contributed by atoms with Crippen LogP contribution >= 0.6 is 0 Å². The van der Waals surface area contributed by atoms with Crippen molar-refractivity contribution in [1.29, 1.82) is 0 Å². The van der Waals surface area contributed by atoms with E-state index in [1.54, 1.807) is 0 Å². The molecule has 208 valence electrons. The average Bonchev–Trinajstić information content (AvgIpc) is 3.01. The minimum Gasteiger partial charge on any atom is -0.389 e. The molecule has 0 unspecified atom stereocenters. The first-order chi connectivity index (χ1) is 19.7. The number of aliphatic hydroxyl groups is 1. The number of aliphatic hydroxyl groups excluding tert-OH is 1. The molecule has 1 aliphatic carbocycles. The van der Waals surface area contributed by atoms with Gasteiger partial charge >= 0.3 is 0 Å². The first-order valence-electron chi connectivity index (χ1n) is 13.7. The summed E-state index contributed by atoms with van der Waals surface area (Å²) in [5.74, 6) is 0. The Bertz CT molecular complexity index is 1160. The minimum atomic E-state index is -1.03. The zero-order valence-electron chi connectivity index (χ0n) is 22.5. The van der Waals surface area contributed by atoms with Gasteiger partial charge in [0.05, 0.1) is 32.5 Å². The molecule has 0 aliphatic heterocycles. The van der Waals surface area contributed by atoms with Crippen LogP contribution in [0, 0.1) is 0 Å². The molecule has 0 amide bonds. The third-order valence-electron chi connectivity index (χ3n) is 7.22. The van der Waals surface area contributed by atoms with E-state index in [1.807, 2.05) is 121 Å². The predicted molar refractivity (Wildman–Crippen MR) is 154 cm³/mol. The predicted octanol–water partition coefficient (Wildman–Crippen LogP) is 5.03. The Hall–Kier alpha value is -3.36. The van der Waals surface area contributed by atoms with Crippen molar-refractivity contribution < 1.29 is 24.1 Å². The lowest BCUT2D eigenvalue weighted by Gasteiger charge is -2.47. The summed E-state index contributed by atoms with van der Waals surface area (Å²) in [4.78, 5) is 0. The Morgan fingerprint density at radius 1 is 0.425 bits per heavy atom. The van der Waals surface area contributed by atoms with Crippen LogP contribution in [-0.4, -0.2) is 41.7 Å². The van der Waals surface area contributed by atoms with Crippen LogP contribution in [0.4, 0.5) is 0 Å². The monoisotopic (exact) mass is 539 g/mol. The number of nitrogens with two attached hydrogens (primary N) is 1. The van der Waals surface area contributed by atoms with E-state index in [4.69, 9.17) is 24.7 Å². The van der Waals surface area contributed by atoms with Crippen LogP contribution in [0.3, 0.4) is 0 Å². The van der Waals surface area contributed by atoms with Gasteiger partial charge in [-0.3, -0.25) is 0 Å². The summed E-state index contributed by atoms with van der Waals surface area (Å²) in [7, 11) is 0. The molecule has 3 N–H and O–H groups in total. The van der Waals surface area contributed by atoms with Gasteiger partial charge in [0.1, 0.15) is 30.5 Å². The molecule has 1 aliphatic rings. The van der Waals surface area contributed by atoms with Crippen LogP contribution in [0.25, 0.3) is 0 Å². The summed E-state index contributed by atoms with van der Waals surface area (Å²) >= 11 is 0. The maximum Gasteiger partial charge on any atom is 0.115 e. The lowest BCUT2D eigenvalue weighted by Crippen LogP contribution is -2.68. The molecule has 6 atom stereocenters. The largest absolute Gasteiger partial charge is 0.389 e. The van der Waals surface area contributed by atoms with Crippen LogP contribution in [0.1, 0.15) is 22.3 Å². The Labute approximate surface area is 236 Å². The highest BCUT2D eigenvalue weighted by molar-refractivity contribution is 5.17. The normalized spacial score (nSPS) is 24.6. The molecule has 1 fully saturated rings. The van der Waals surface area contributed by atoms with Crippen LogP contribution in [-0.2, 0) is 45.4 Å². The molecule has 6 nitrogen and oxygen atoms in total. The van der Waals surface area contributed by atoms with Gasteiger partial charge in [0.15, 0.2) is 0 Å². The van der Waals surface area contributed by atoms with Crippen molar-refractivity contribution in [3.05, 3.63) is 144 Å². The summed E-state index contributed by atoms with van der Waals surface area (Å²) in [5.41, 5.74) is 10.7. The lowest BCUT2D eigenvalue weighted by molar-refractivity contribution is -0.247. The van der Waals surface area contributed by atoms with E-state index in [-0.39, 0.29) is 0 Å². The molecule has 0 radical (unpaired) electrons. The van der Waals surface area contributed by atoms with Crippen molar-refractivity contribution >= 4 is 0 Å². The van der Waals surface area contributed by atoms with Crippen molar-refractivity contribution in [2.24, 2.45) is 5.73 Å². The highest BCUT2D eigenvalue weighted by Crippen LogP contribution is 2.32. The first kappa shape index (κ1) is 28.2. The van der Waals surface area contributed by atoms with E-state index < -0.39 is 36.6 Å². The van der Waals surface area contributed by atoms with E-state index in [0.29, 0.717) is 26.4 Å². The van der Waals surface area contributed by atoms with Gasteiger partial charge in [0.25, 0.3) is 0 Å². The summed E-state index contributed by atoms with van der Waals surface area (Å²) in [5, 5.41) is 11.5. The Morgan fingerprint density at radius 3 is 1.05 bits per heavy atom. The maximum absolute atomic E-state index is 11.5. The van der Waals surface area contributed by atoms with Gasteiger partial charge in [-0.15, -0.1) is 0 Å². The highest BCUT2D eigenvalue weighted by Gasteiger charge is 2.52. The maximum atomic E-state index is 11.5. The second kappa shape index (κ2) is 14.3. The highest BCUT2D eigenvalue weighted by atomic mass is 16.6. The SMILES string of the molecule is N[C@@H]1[C@@H](O)[C@H](OCc2ccccc2)[C@@H](OCc2ccccc2)[C@H](OCc2ccccc2)[C@H]1OCc1ccccc1. The molecule has 4 aromatic carbocycles. The third kappa shape index (κ3) is 7.43. The van der Waals surface area contributed by atoms with Gasteiger partial charge in [-0.05, 0) is 22.3 Å². The molecule has 0 aromatic heterocycles. The number of rotatable bonds is 12. The fourth-order valence-electron chi connectivity index (χ4n) is 5.05. The topological polar surface area (TPSA) is 83.2 Å². The Balaban J connectivity index is 1.42. The molecule has 0 saturated heterocycles. The summed E-state index contributed by atoms with van der Waals surface area (Å²) in [6, 6.07) is 38.9. The van der Waals surface area contributed by atoms with Gasteiger partial charge in [0, 0.05) is 0 Å². The Morgan fingerprint density at radius 2 is 0.700 bits per heavy atom. The zero-order chi connectivity index (χ0) is 27.6. The molecule has 5 rings (SSSR count). The second-order valence-electron chi connectivity index (χ2n) is 10.1. The van der Waals surface area contributed by atoms with Gasteiger partial charge in [-0.2, -0.15) is 0 Å². The van der Waals surface area contributed by atoms with Crippen molar-refractivity contribution in [2.45, 2.75) is 63.0 Å². The van der Waals surface area contributed by atoms with Gasteiger partial charge in [-0.1, -0.05) is 121 Å². The number of hydrogen-bond donors (Lipinski definition) is 2. The second-order valence-corrected chi connectivity index (χ2v) is 10.1. The van der Waals surface area contributed by atoms with Crippen molar-refractivity contribution in [3.8, 4) is 0 Å². The summed E-state index contributed by atoms with van der Waals surface area (Å²) in [6.07, 6.45) is -3.61. The van der Waals surface area contributed by atoms with Crippen LogP contribution in [0.2, 0.25) is 0 Å². The molecule has 0 bridgehead atoms. The number of benzene rings is 4. The van der Waals surface area contributed by atoms with E-state index >= 15 is 0 Å². The third-order valence-corrected chi connectivity index (χ3v) is 7.22. The number of hydrogen-bond acceptors (Lipinski definition) is 6. The van der Waals surface area contributed by atoms with Crippen LogP contribution in [0.15, 0.2) is 121 Å². The van der Waals surface area contributed by atoms with E-state index in [1.165, 1.54) is 0 Å². The fourth-order valence-corrected chi connectivity index (χ4v) is 5.05. The van der Waals surface area contributed by atoms with E-state index in [2.05, 4.69) is 0 Å². The van der Waals surface area contributed by atoms with E-state index in [0.717, 1.165) is 22.3 Å². The van der Waals surface area contributed by atoms with Crippen molar-refractivity contribution in [3.63, 3.8) is 0 Å². The Kier molecular flexibility index (Phi) is 10.1. The molecule has 0 heterocycles. The zero-order valence-corrected chi connectivity index (χ0v) is 22.5. The smallest absolute Gasteiger partial charge is 0.115 e. The number of ether oxygens (including phenoxy) is 4. The standard InChI is InChI=1S/C34H37NO5/c35-29-30(36)32(38-22-26-15-7-2-8-16-26)34(40-24-28-19-11-4-12-20-28)33(39-23-27-17-9-3-10-18-27)31(29)37-21-25-13-5-1-6-14-25/h1-20,29-34,36H,21-24,35H2/t29-,30-,31+,32+,33-,34-/m1/s1. The molecular formula is C34H37NO5. The molecule has 6 heteroatoms. The van der Waals surface area contributed by atoms with Crippen LogP contribution < -0.4 is 5.73 Å². The average molecular weight is 540 g/mol. The minimum absolute atomic E-state index is 0.307. The molecule has 40 heavy (non-hydrogen) atoms. The fraction of sp³-hybridized carbons (Fsp3) is 0.294. The lowest BCUT2D eigenvalue weighted by atomic mass is 9.82.